The Morgan fingerprint density at radius 1 is 0.323 bits per heavy atom. The number of likely N-dealkylation sites (N-methyl/N-ethyl adjacent to an activating group) is 1. The molecule has 520 valence electrons. The maximum absolute atomic E-state index is 12.9. The molecule has 0 amide bonds. The van der Waals surface area contributed by atoms with Crippen molar-refractivity contribution in [1.82, 2.24) is 0 Å². The zero-order chi connectivity index (χ0) is 67.5. The molecule has 0 spiro atoms. The molecule has 2 atom stereocenters. The van der Waals surface area contributed by atoms with Crippen molar-refractivity contribution in [2.75, 3.05) is 47.5 Å². The maximum atomic E-state index is 12.9. The highest BCUT2D eigenvalue weighted by Crippen LogP contribution is 2.15. The number of hydrogen-bond acceptors (Lipinski definition) is 8. The number of carboxylic acids is 1. The van der Waals surface area contributed by atoms with Gasteiger partial charge >= 0.3 is 11.9 Å². The van der Waals surface area contributed by atoms with Crippen LogP contribution >= 0.6 is 0 Å². The van der Waals surface area contributed by atoms with Gasteiger partial charge < -0.3 is 33.3 Å². The van der Waals surface area contributed by atoms with Crippen LogP contribution in [0.15, 0.2) is 207 Å². The number of unbranched alkanes of at least 4 members (excludes halogenated alkanes) is 15. The molecule has 0 saturated carbocycles. The number of ether oxygens (including phenoxy) is 4. The van der Waals surface area contributed by atoms with Crippen molar-refractivity contribution in [2.24, 2.45) is 0 Å². The minimum Gasteiger partial charge on any atom is -0.545 e. The van der Waals surface area contributed by atoms with E-state index in [1.165, 1.54) is 38.5 Å². The number of hydrogen-bond donors (Lipinski definition) is 0. The van der Waals surface area contributed by atoms with Crippen LogP contribution in [-0.2, 0) is 33.3 Å². The summed E-state index contributed by atoms with van der Waals surface area (Å²) in [6.07, 6.45) is 109. The number of esters is 2. The van der Waals surface area contributed by atoms with E-state index < -0.39 is 24.3 Å². The van der Waals surface area contributed by atoms with Crippen molar-refractivity contribution in [1.29, 1.82) is 0 Å². The number of allylic oxidation sites excluding steroid dienone is 34. The second-order valence-electron chi connectivity index (χ2n) is 24.4. The molecular weight excluding hydrogens is 1150 g/mol. The van der Waals surface area contributed by atoms with Crippen LogP contribution in [0.3, 0.4) is 0 Å². The highest BCUT2D eigenvalue weighted by molar-refractivity contribution is 5.70. The number of aliphatic carboxylic acids is 1. The first-order valence-electron chi connectivity index (χ1n) is 36.2. The first-order valence-corrected chi connectivity index (χ1v) is 36.2. The summed E-state index contributed by atoms with van der Waals surface area (Å²) >= 11 is 0. The molecule has 0 fully saturated rings. The molecule has 0 aliphatic heterocycles. The molecule has 0 N–H and O–H groups in total. The second kappa shape index (κ2) is 71.7. The molecule has 0 bridgehead atoms. The summed E-state index contributed by atoms with van der Waals surface area (Å²) in [6.45, 7) is 4.47. The smallest absolute Gasteiger partial charge is 0.306 e. The summed E-state index contributed by atoms with van der Waals surface area (Å²) in [5.74, 6) is -2.33. The Hall–Kier alpha value is -6.13. The van der Waals surface area contributed by atoms with Gasteiger partial charge in [-0.05, 0) is 148 Å². The molecule has 0 aliphatic carbocycles. The lowest BCUT2D eigenvalue weighted by molar-refractivity contribution is -0.870. The van der Waals surface area contributed by atoms with E-state index in [2.05, 4.69) is 220 Å². The van der Waals surface area contributed by atoms with Crippen molar-refractivity contribution in [2.45, 2.75) is 257 Å². The van der Waals surface area contributed by atoms with Gasteiger partial charge in [-0.25, -0.2) is 0 Å². The number of carbonyl (C=O) groups excluding carboxylic acids is 3. The molecule has 9 heteroatoms. The van der Waals surface area contributed by atoms with Crippen molar-refractivity contribution >= 4 is 17.9 Å². The Labute approximate surface area is 569 Å². The molecule has 0 aromatic heterocycles. The summed E-state index contributed by atoms with van der Waals surface area (Å²) in [7, 11) is 5.91. The number of rotatable bonds is 64. The Morgan fingerprint density at radius 3 is 0.860 bits per heavy atom. The molecule has 0 rings (SSSR count). The van der Waals surface area contributed by atoms with E-state index >= 15 is 0 Å². The van der Waals surface area contributed by atoms with Crippen LogP contribution in [0.25, 0.3) is 0 Å². The lowest BCUT2D eigenvalue weighted by atomic mass is 10.1. The topological polar surface area (TPSA) is 111 Å². The van der Waals surface area contributed by atoms with Gasteiger partial charge in [0.1, 0.15) is 13.2 Å². The van der Waals surface area contributed by atoms with Gasteiger partial charge in [-0.1, -0.05) is 291 Å². The first kappa shape index (κ1) is 86.9. The number of carbonyl (C=O) groups is 3. The molecule has 0 radical (unpaired) electrons. The van der Waals surface area contributed by atoms with Crippen LogP contribution < -0.4 is 5.11 Å². The van der Waals surface area contributed by atoms with Crippen molar-refractivity contribution in [3.8, 4) is 0 Å². The molecule has 0 heterocycles. The zero-order valence-corrected chi connectivity index (χ0v) is 59.3. The van der Waals surface area contributed by atoms with Crippen LogP contribution in [0.1, 0.15) is 245 Å². The monoisotopic (exact) mass is 1280 g/mol. The predicted octanol–water partition coefficient (Wildman–Crippen LogP) is 21.8. The molecule has 93 heavy (non-hydrogen) atoms. The van der Waals surface area contributed by atoms with Crippen LogP contribution in [0, 0.1) is 0 Å². The van der Waals surface area contributed by atoms with Gasteiger partial charge in [-0.3, -0.25) is 9.59 Å². The summed E-state index contributed by atoms with van der Waals surface area (Å²) in [6, 6.07) is 0. The first-order chi connectivity index (χ1) is 45.6. The van der Waals surface area contributed by atoms with E-state index in [-0.39, 0.29) is 38.6 Å². The SMILES string of the molecule is CC/C=C\C/C=C\C/C=C\C/C=C\C/C=C\C/C=C\C/C=C\C/C=C\C/C=C\C/C=C\C/C=C\CCCCCCCCCC(=O)OC(COC(=O)CCCCCCCCCC/C=C\C/C=C\C/C=C\C/C=C\C/C=C\C/C=C\CC)COC(OCC[N+](C)(C)C)C(=O)[O-]. The Kier molecular flexibility index (Phi) is 67.0. The molecule has 0 aliphatic rings. The van der Waals surface area contributed by atoms with Crippen LogP contribution in [0.5, 0.6) is 0 Å². The lowest BCUT2D eigenvalue weighted by Crippen LogP contribution is -2.44. The third kappa shape index (κ3) is 73.1. The van der Waals surface area contributed by atoms with Gasteiger partial charge in [0.2, 0.25) is 0 Å². The van der Waals surface area contributed by atoms with E-state index in [0.717, 1.165) is 173 Å². The third-order valence-electron chi connectivity index (χ3n) is 14.5. The lowest BCUT2D eigenvalue weighted by Gasteiger charge is -2.26. The Morgan fingerprint density at radius 2 is 0.581 bits per heavy atom. The molecule has 0 aromatic rings. The minimum absolute atomic E-state index is 0.132. The number of carboxylic acid groups (broad SMARTS) is 1. The quantitative estimate of drug-likeness (QED) is 0.0195. The average Bonchev–Trinajstić information content (AvgIpc) is 3.38. The molecule has 9 nitrogen and oxygen atoms in total. The molecule has 0 saturated heterocycles. The zero-order valence-electron chi connectivity index (χ0n) is 59.3. The van der Waals surface area contributed by atoms with E-state index in [1.807, 2.05) is 21.1 Å². The Balaban J connectivity index is 4.23. The molecule has 0 aromatic carbocycles. The Bertz CT molecular complexity index is 2280. The summed E-state index contributed by atoms with van der Waals surface area (Å²) < 4.78 is 22.8. The van der Waals surface area contributed by atoms with Crippen LogP contribution in [0.2, 0.25) is 0 Å². The van der Waals surface area contributed by atoms with E-state index in [0.29, 0.717) is 17.4 Å². The van der Waals surface area contributed by atoms with Gasteiger partial charge in [-0.15, -0.1) is 0 Å². The second-order valence-corrected chi connectivity index (χ2v) is 24.4. The normalized spacial score (nSPS) is 13.9. The van der Waals surface area contributed by atoms with Gasteiger partial charge in [0.25, 0.3) is 0 Å². The predicted molar refractivity (Wildman–Crippen MR) is 397 cm³/mol. The van der Waals surface area contributed by atoms with E-state index in [9.17, 15) is 19.5 Å². The number of quaternary nitrogens is 1. The van der Waals surface area contributed by atoms with Crippen LogP contribution in [-0.4, -0.2) is 82.3 Å². The van der Waals surface area contributed by atoms with Gasteiger partial charge in [-0.2, -0.15) is 0 Å². The molecular formula is C84H131NO8. The van der Waals surface area contributed by atoms with Gasteiger partial charge in [0.05, 0.1) is 40.3 Å². The van der Waals surface area contributed by atoms with Crippen molar-refractivity contribution < 1.29 is 42.9 Å². The van der Waals surface area contributed by atoms with Crippen molar-refractivity contribution in [3.05, 3.63) is 207 Å². The molecule has 2 unspecified atom stereocenters. The third-order valence-corrected chi connectivity index (χ3v) is 14.5. The standard InChI is InChI=1S/C84H131NO8/c1-6-8-10-12-14-16-18-20-22-24-26-28-30-32-34-35-36-37-38-39-40-41-42-43-44-45-46-47-49-51-53-55-57-59-61-63-65-67-69-71-73-75-82(87)93-80(79-92-84(83(88)89)90-77-76-85(3,4)5)78-91-81(86)74-72-70-68-66-64-62-60-58-56-54-52-50-48-33-31-29-27-25-23-21-19-17-15-13-11-9-7-2/h8-11,14-17,20-23,26-29,32-34,36-37,39-40,42-43,45-46,48-49,51-52,54-55,57,80,84H,6-7,12-13,18-19,24-25,30-31,35,38,41,44,47,50,53,56,58-79H2,1-5H3/b10-8-,11-9-,16-14-,17-15-,22-20-,23-21-,28-26-,29-27-,34-32-,37-36-,40-39-,43-42-,46-45-,48-33-,51-49-,54-52-,57-55-. The van der Waals surface area contributed by atoms with Gasteiger partial charge in [0.15, 0.2) is 12.4 Å². The minimum atomic E-state index is -1.64. The number of nitrogens with zero attached hydrogens (tertiary/aromatic N) is 1. The van der Waals surface area contributed by atoms with Gasteiger partial charge in [0, 0.05) is 12.8 Å². The summed E-state index contributed by atoms with van der Waals surface area (Å²) in [5, 5.41) is 11.8. The van der Waals surface area contributed by atoms with E-state index in [4.69, 9.17) is 18.9 Å². The maximum Gasteiger partial charge on any atom is 0.306 e. The highest BCUT2D eigenvalue weighted by Gasteiger charge is 2.22. The fourth-order valence-corrected chi connectivity index (χ4v) is 9.07. The largest absolute Gasteiger partial charge is 0.545 e. The fourth-order valence-electron chi connectivity index (χ4n) is 9.07. The fraction of sp³-hybridized carbons (Fsp3) is 0.560. The summed E-state index contributed by atoms with van der Waals surface area (Å²) in [5.41, 5.74) is 0. The van der Waals surface area contributed by atoms with E-state index in [1.54, 1.807) is 0 Å². The average molecular weight is 1280 g/mol. The van der Waals surface area contributed by atoms with Crippen molar-refractivity contribution in [3.63, 3.8) is 0 Å². The summed E-state index contributed by atoms with van der Waals surface area (Å²) in [4.78, 5) is 37.5. The highest BCUT2D eigenvalue weighted by atomic mass is 16.7. The van der Waals surface area contributed by atoms with Crippen LogP contribution in [0.4, 0.5) is 0 Å².